The van der Waals surface area contributed by atoms with Gasteiger partial charge in [0.2, 0.25) is 0 Å². The second kappa shape index (κ2) is 7.78. The quantitative estimate of drug-likeness (QED) is 0.700. The smallest absolute Gasteiger partial charge is 0.125 e. The third-order valence-corrected chi connectivity index (χ3v) is 5.62. The number of aliphatic hydroxyl groups is 1. The molecule has 0 amide bonds. The number of hydrogen-bond donors (Lipinski definition) is 3. The zero-order valence-electron chi connectivity index (χ0n) is 15.5. The standard InChI is InChI=1S/C22H29N3O/c1-16-6-4-9-19-13-20(24-21(16)19)22(26)23-14-17-7-5-8-18(12-17)15-25-10-2-3-11-25/h4-9,12,20,22-24,26H,2-3,10-11,13-15H2,1H3. The fraction of sp³-hybridized carbons (Fsp3) is 0.455. The van der Waals surface area contributed by atoms with Crippen molar-refractivity contribution in [3.8, 4) is 0 Å². The Morgan fingerprint density at radius 1 is 1.15 bits per heavy atom. The normalized spacial score (nSPS) is 20.8. The minimum Gasteiger partial charge on any atom is -0.378 e. The Morgan fingerprint density at radius 3 is 2.73 bits per heavy atom. The van der Waals surface area contributed by atoms with E-state index in [4.69, 9.17) is 0 Å². The van der Waals surface area contributed by atoms with Crippen LogP contribution in [-0.2, 0) is 19.5 Å². The van der Waals surface area contributed by atoms with Crippen LogP contribution in [0.1, 0.15) is 35.1 Å². The summed E-state index contributed by atoms with van der Waals surface area (Å²) in [4.78, 5) is 2.52. The molecule has 0 aromatic heterocycles. The maximum Gasteiger partial charge on any atom is 0.125 e. The molecule has 0 aliphatic carbocycles. The number of para-hydroxylation sites is 1. The lowest BCUT2D eigenvalue weighted by Crippen LogP contribution is -2.42. The van der Waals surface area contributed by atoms with Crippen molar-refractivity contribution in [3.05, 3.63) is 64.7 Å². The molecule has 2 aromatic carbocycles. The summed E-state index contributed by atoms with van der Waals surface area (Å²) in [6, 6.07) is 15.1. The van der Waals surface area contributed by atoms with Crippen molar-refractivity contribution < 1.29 is 5.11 Å². The Labute approximate surface area is 156 Å². The number of aryl methyl sites for hydroxylation is 1. The number of anilines is 1. The molecule has 0 radical (unpaired) electrons. The number of benzene rings is 2. The van der Waals surface area contributed by atoms with Gasteiger partial charge < -0.3 is 10.4 Å². The van der Waals surface area contributed by atoms with Gasteiger partial charge in [0.1, 0.15) is 6.23 Å². The van der Waals surface area contributed by atoms with Crippen LogP contribution in [0.15, 0.2) is 42.5 Å². The molecule has 2 aromatic rings. The van der Waals surface area contributed by atoms with E-state index in [-0.39, 0.29) is 6.04 Å². The fourth-order valence-corrected chi connectivity index (χ4v) is 4.17. The Kier molecular flexibility index (Phi) is 5.25. The second-order valence-corrected chi connectivity index (χ2v) is 7.69. The van der Waals surface area contributed by atoms with Crippen molar-refractivity contribution in [2.75, 3.05) is 18.4 Å². The third kappa shape index (κ3) is 3.93. The molecular formula is C22H29N3O. The Bertz CT molecular complexity index is 755. The summed E-state index contributed by atoms with van der Waals surface area (Å²) in [7, 11) is 0. The summed E-state index contributed by atoms with van der Waals surface area (Å²) in [5, 5.41) is 17.4. The van der Waals surface area contributed by atoms with Crippen molar-refractivity contribution in [2.45, 2.75) is 51.5 Å². The van der Waals surface area contributed by atoms with Gasteiger partial charge in [-0.2, -0.15) is 0 Å². The molecule has 2 heterocycles. The molecule has 2 unspecified atom stereocenters. The number of rotatable bonds is 6. The van der Waals surface area contributed by atoms with Gasteiger partial charge in [0.25, 0.3) is 0 Å². The molecule has 138 valence electrons. The first-order valence-corrected chi connectivity index (χ1v) is 9.76. The van der Waals surface area contributed by atoms with Gasteiger partial charge in [-0.25, -0.2) is 0 Å². The van der Waals surface area contributed by atoms with Crippen molar-refractivity contribution in [2.24, 2.45) is 0 Å². The molecule has 0 spiro atoms. The highest BCUT2D eigenvalue weighted by Gasteiger charge is 2.27. The average Bonchev–Trinajstić information content (AvgIpc) is 3.30. The first-order valence-electron chi connectivity index (χ1n) is 9.76. The first-order chi connectivity index (χ1) is 12.7. The zero-order valence-corrected chi connectivity index (χ0v) is 15.5. The van der Waals surface area contributed by atoms with Crippen LogP contribution in [0, 0.1) is 6.92 Å². The number of nitrogens with zero attached hydrogens (tertiary/aromatic N) is 1. The van der Waals surface area contributed by atoms with E-state index in [1.807, 2.05) is 0 Å². The molecule has 4 rings (SSSR count). The summed E-state index contributed by atoms with van der Waals surface area (Å²) >= 11 is 0. The monoisotopic (exact) mass is 351 g/mol. The van der Waals surface area contributed by atoms with Gasteiger partial charge in [0.15, 0.2) is 0 Å². The van der Waals surface area contributed by atoms with E-state index in [9.17, 15) is 5.11 Å². The number of aliphatic hydroxyl groups excluding tert-OH is 1. The topological polar surface area (TPSA) is 47.5 Å². The summed E-state index contributed by atoms with van der Waals surface area (Å²) in [6.07, 6.45) is 2.94. The lowest BCUT2D eigenvalue weighted by Gasteiger charge is -2.21. The summed E-state index contributed by atoms with van der Waals surface area (Å²) in [6.45, 7) is 6.26. The van der Waals surface area contributed by atoms with Crippen molar-refractivity contribution >= 4 is 5.69 Å². The van der Waals surface area contributed by atoms with E-state index >= 15 is 0 Å². The van der Waals surface area contributed by atoms with Gasteiger partial charge in [-0.05, 0) is 61.5 Å². The Morgan fingerprint density at radius 2 is 1.92 bits per heavy atom. The highest BCUT2D eigenvalue weighted by atomic mass is 16.3. The molecule has 0 bridgehead atoms. The fourth-order valence-electron chi connectivity index (χ4n) is 4.17. The Hall–Kier alpha value is -1.88. The molecule has 0 saturated carbocycles. The van der Waals surface area contributed by atoms with Gasteiger partial charge in [-0.3, -0.25) is 10.2 Å². The van der Waals surface area contributed by atoms with Crippen LogP contribution >= 0.6 is 0 Å². The number of hydrogen-bond acceptors (Lipinski definition) is 4. The van der Waals surface area contributed by atoms with E-state index in [1.54, 1.807) is 0 Å². The molecule has 3 N–H and O–H groups in total. The molecule has 1 fully saturated rings. The maximum absolute atomic E-state index is 10.6. The summed E-state index contributed by atoms with van der Waals surface area (Å²) < 4.78 is 0. The number of nitrogens with one attached hydrogen (secondary N) is 2. The van der Waals surface area contributed by atoms with Gasteiger partial charge in [-0.1, -0.05) is 42.5 Å². The zero-order chi connectivity index (χ0) is 17.9. The maximum atomic E-state index is 10.6. The van der Waals surface area contributed by atoms with E-state index in [0.717, 1.165) is 13.0 Å². The molecule has 2 aliphatic rings. The molecule has 2 aliphatic heterocycles. The average molecular weight is 351 g/mol. The molecule has 2 atom stereocenters. The highest BCUT2D eigenvalue weighted by Crippen LogP contribution is 2.29. The Balaban J connectivity index is 1.32. The lowest BCUT2D eigenvalue weighted by molar-refractivity contribution is 0.116. The van der Waals surface area contributed by atoms with Crippen LogP contribution in [0.25, 0.3) is 0 Å². The van der Waals surface area contributed by atoms with E-state index in [1.165, 1.54) is 53.9 Å². The minimum atomic E-state index is -0.566. The van der Waals surface area contributed by atoms with Crippen LogP contribution in [0.2, 0.25) is 0 Å². The molecular weight excluding hydrogens is 322 g/mol. The SMILES string of the molecule is Cc1cccc2c1NC(C(O)NCc1cccc(CN3CCCC3)c1)C2. The molecule has 4 heteroatoms. The summed E-state index contributed by atoms with van der Waals surface area (Å²) in [5.41, 5.74) is 6.32. The van der Waals surface area contributed by atoms with Crippen molar-refractivity contribution in [1.82, 2.24) is 10.2 Å². The lowest BCUT2D eigenvalue weighted by atomic mass is 10.1. The molecule has 26 heavy (non-hydrogen) atoms. The van der Waals surface area contributed by atoms with Crippen molar-refractivity contribution in [3.63, 3.8) is 0 Å². The largest absolute Gasteiger partial charge is 0.378 e. The minimum absolute atomic E-state index is 0.0267. The first kappa shape index (κ1) is 17.5. The van der Waals surface area contributed by atoms with Crippen LogP contribution in [0.3, 0.4) is 0 Å². The van der Waals surface area contributed by atoms with Crippen LogP contribution < -0.4 is 10.6 Å². The third-order valence-electron chi connectivity index (χ3n) is 5.62. The van der Waals surface area contributed by atoms with Gasteiger partial charge in [-0.15, -0.1) is 0 Å². The van der Waals surface area contributed by atoms with Crippen LogP contribution in [0.4, 0.5) is 5.69 Å². The van der Waals surface area contributed by atoms with Crippen LogP contribution in [-0.4, -0.2) is 35.4 Å². The molecule has 4 nitrogen and oxygen atoms in total. The molecule has 1 saturated heterocycles. The number of fused-ring (bicyclic) bond motifs is 1. The van der Waals surface area contributed by atoms with E-state index < -0.39 is 6.23 Å². The highest BCUT2D eigenvalue weighted by molar-refractivity contribution is 5.62. The van der Waals surface area contributed by atoms with Gasteiger partial charge in [0, 0.05) is 18.8 Å². The van der Waals surface area contributed by atoms with Crippen LogP contribution in [0.5, 0.6) is 0 Å². The van der Waals surface area contributed by atoms with Crippen molar-refractivity contribution in [1.29, 1.82) is 0 Å². The summed E-state index contributed by atoms with van der Waals surface area (Å²) in [5.74, 6) is 0. The van der Waals surface area contributed by atoms with E-state index in [0.29, 0.717) is 6.54 Å². The predicted octanol–water partition coefficient (Wildman–Crippen LogP) is 3.04. The van der Waals surface area contributed by atoms with Gasteiger partial charge in [0.05, 0.1) is 6.04 Å². The van der Waals surface area contributed by atoms with E-state index in [2.05, 4.69) is 64.9 Å². The number of likely N-dealkylation sites (tertiary alicyclic amines) is 1. The van der Waals surface area contributed by atoms with Gasteiger partial charge >= 0.3 is 0 Å². The second-order valence-electron chi connectivity index (χ2n) is 7.69. The predicted molar refractivity (Wildman–Crippen MR) is 106 cm³/mol.